The SMILES string of the molecule is N=C(N)C(NS(=O)(=O)c1cnc[nH]1)c1ccccc1. The van der Waals surface area contributed by atoms with E-state index in [4.69, 9.17) is 11.1 Å². The number of aromatic amines is 1. The van der Waals surface area contributed by atoms with E-state index >= 15 is 0 Å². The van der Waals surface area contributed by atoms with Gasteiger partial charge in [-0.15, -0.1) is 0 Å². The molecule has 5 N–H and O–H groups in total. The summed E-state index contributed by atoms with van der Waals surface area (Å²) >= 11 is 0. The van der Waals surface area contributed by atoms with Gasteiger partial charge in [-0.05, 0) is 5.56 Å². The van der Waals surface area contributed by atoms with Crippen LogP contribution < -0.4 is 10.5 Å². The van der Waals surface area contributed by atoms with Gasteiger partial charge in [0.2, 0.25) is 0 Å². The van der Waals surface area contributed by atoms with Crippen molar-refractivity contribution in [3.8, 4) is 0 Å². The van der Waals surface area contributed by atoms with Crippen LogP contribution in [0.3, 0.4) is 0 Å². The molecule has 1 heterocycles. The summed E-state index contributed by atoms with van der Waals surface area (Å²) in [6.45, 7) is 0. The number of imidazole rings is 1. The molecule has 1 atom stereocenters. The van der Waals surface area contributed by atoms with Crippen LogP contribution in [0.15, 0.2) is 47.9 Å². The lowest BCUT2D eigenvalue weighted by Crippen LogP contribution is -2.37. The number of hydrogen-bond acceptors (Lipinski definition) is 4. The summed E-state index contributed by atoms with van der Waals surface area (Å²) in [5.41, 5.74) is 6.06. The highest BCUT2D eigenvalue weighted by Crippen LogP contribution is 2.15. The fourth-order valence-corrected chi connectivity index (χ4v) is 2.67. The van der Waals surface area contributed by atoms with Gasteiger partial charge in [0.1, 0.15) is 11.9 Å². The topological polar surface area (TPSA) is 125 Å². The minimum atomic E-state index is -3.80. The van der Waals surface area contributed by atoms with Crippen molar-refractivity contribution in [2.45, 2.75) is 11.1 Å². The molecule has 8 heteroatoms. The van der Waals surface area contributed by atoms with Gasteiger partial charge in [0.25, 0.3) is 10.0 Å². The molecule has 7 nitrogen and oxygen atoms in total. The molecule has 0 aliphatic carbocycles. The maximum Gasteiger partial charge on any atom is 0.258 e. The van der Waals surface area contributed by atoms with E-state index in [2.05, 4.69) is 14.7 Å². The lowest BCUT2D eigenvalue weighted by atomic mass is 10.1. The van der Waals surface area contributed by atoms with Crippen LogP contribution in [-0.2, 0) is 10.0 Å². The van der Waals surface area contributed by atoms with Crippen molar-refractivity contribution in [3.63, 3.8) is 0 Å². The molecule has 100 valence electrons. The third-order valence-corrected chi connectivity index (χ3v) is 3.83. The van der Waals surface area contributed by atoms with E-state index in [0.29, 0.717) is 5.56 Å². The Morgan fingerprint density at radius 2 is 2.05 bits per heavy atom. The van der Waals surface area contributed by atoms with Gasteiger partial charge in [0.15, 0.2) is 5.03 Å². The van der Waals surface area contributed by atoms with Crippen LogP contribution >= 0.6 is 0 Å². The maximum atomic E-state index is 12.0. The smallest absolute Gasteiger partial charge is 0.258 e. The van der Waals surface area contributed by atoms with Gasteiger partial charge in [-0.2, -0.15) is 4.72 Å². The molecule has 0 spiro atoms. The monoisotopic (exact) mass is 279 g/mol. The molecule has 1 aromatic carbocycles. The Kier molecular flexibility index (Phi) is 3.63. The molecule has 0 radical (unpaired) electrons. The molecule has 0 fully saturated rings. The van der Waals surface area contributed by atoms with E-state index in [1.807, 2.05) is 0 Å². The largest absolute Gasteiger partial charge is 0.386 e. The summed E-state index contributed by atoms with van der Waals surface area (Å²) in [4.78, 5) is 6.15. The molecule has 1 unspecified atom stereocenters. The van der Waals surface area contributed by atoms with Crippen molar-refractivity contribution in [1.29, 1.82) is 5.41 Å². The lowest BCUT2D eigenvalue weighted by Gasteiger charge is -2.17. The summed E-state index contributed by atoms with van der Waals surface area (Å²) in [5.74, 6) is -0.283. The van der Waals surface area contributed by atoms with E-state index in [9.17, 15) is 8.42 Å². The minimum absolute atomic E-state index is 0.0744. The fourth-order valence-electron chi connectivity index (χ4n) is 1.57. The second-order valence-corrected chi connectivity index (χ2v) is 5.52. The van der Waals surface area contributed by atoms with Crippen LogP contribution in [0.25, 0.3) is 0 Å². The molecule has 2 rings (SSSR count). The van der Waals surface area contributed by atoms with Gasteiger partial charge in [-0.1, -0.05) is 30.3 Å². The van der Waals surface area contributed by atoms with Crippen molar-refractivity contribution in [2.75, 3.05) is 0 Å². The molecule has 0 aliphatic heterocycles. The zero-order valence-electron chi connectivity index (χ0n) is 9.87. The van der Waals surface area contributed by atoms with Gasteiger partial charge < -0.3 is 10.7 Å². The number of hydrogen-bond donors (Lipinski definition) is 4. The average molecular weight is 279 g/mol. The summed E-state index contributed by atoms with van der Waals surface area (Å²) in [6, 6.07) is 7.77. The number of nitrogens with two attached hydrogens (primary N) is 1. The van der Waals surface area contributed by atoms with E-state index < -0.39 is 16.1 Å². The van der Waals surface area contributed by atoms with Crippen LogP contribution in [0.4, 0.5) is 0 Å². The number of aromatic nitrogens is 2. The Bertz CT molecular complexity index is 652. The van der Waals surface area contributed by atoms with Crippen LogP contribution in [0, 0.1) is 5.41 Å². The zero-order valence-corrected chi connectivity index (χ0v) is 10.7. The van der Waals surface area contributed by atoms with Crippen molar-refractivity contribution >= 4 is 15.9 Å². The molecule has 19 heavy (non-hydrogen) atoms. The van der Waals surface area contributed by atoms with Crippen molar-refractivity contribution < 1.29 is 8.42 Å². The first kappa shape index (κ1) is 13.2. The van der Waals surface area contributed by atoms with Gasteiger partial charge in [0.05, 0.1) is 12.5 Å². The Balaban J connectivity index is 2.31. The molecule has 0 saturated heterocycles. The molecule has 2 aromatic rings. The lowest BCUT2D eigenvalue weighted by molar-refractivity contribution is 0.573. The normalized spacial score (nSPS) is 13.1. The first-order valence-corrected chi connectivity index (χ1v) is 6.88. The zero-order chi connectivity index (χ0) is 13.9. The standard InChI is InChI=1S/C11H13N5O2S/c12-11(13)10(8-4-2-1-3-5-8)16-19(17,18)9-6-14-7-15-9/h1-7,10,16H,(H3,12,13)(H,14,15). The predicted octanol–water partition coefficient (Wildman–Crippen LogP) is 0.365. The first-order chi connectivity index (χ1) is 9.00. The quantitative estimate of drug-likeness (QED) is 0.466. The van der Waals surface area contributed by atoms with Crippen LogP contribution in [0.5, 0.6) is 0 Å². The summed E-state index contributed by atoms with van der Waals surface area (Å²) in [7, 11) is -3.80. The Hall–Kier alpha value is -2.19. The number of amidine groups is 1. The minimum Gasteiger partial charge on any atom is -0.386 e. The van der Waals surface area contributed by atoms with Gasteiger partial charge in [0, 0.05) is 0 Å². The summed E-state index contributed by atoms with van der Waals surface area (Å²) in [6.07, 6.45) is 2.45. The van der Waals surface area contributed by atoms with E-state index in [1.165, 1.54) is 12.5 Å². The fraction of sp³-hybridized carbons (Fsp3) is 0.0909. The number of benzene rings is 1. The molecule has 0 saturated carbocycles. The third-order valence-electron chi connectivity index (χ3n) is 2.48. The molecule has 0 bridgehead atoms. The van der Waals surface area contributed by atoms with Crippen LogP contribution in [0.2, 0.25) is 0 Å². The number of sulfonamides is 1. The summed E-state index contributed by atoms with van der Waals surface area (Å²) in [5, 5.41) is 7.45. The van der Waals surface area contributed by atoms with E-state index in [1.54, 1.807) is 30.3 Å². The van der Waals surface area contributed by atoms with E-state index in [-0.39, 0.29) is 10.9 Å². The van der Waals surface area contributed by atoms with Crippen LogP contribution in [0.1, 0.15) is 11.6 Å². The van der Waals surface area contributed by atoms with E-state index in [0.717, 1.165) is 0 Å². The van der Waals surface area contributed by atoms with Crippen LogP contribution in [-0.4, -0.2) is 24.2 Å². The maximum absolute atomic E-state index is 12.0. The predicted molar refractivity (Wildman–Crippen MR) is 70.0 cm³/mol. The molecular weight excluding hydrogens is 266 g/mol. The number of H-pyrrole nitrogens is 1. The highest BCUT2D eigenvalue weighted by molar-refractivity contribution is 7.89. The Morgan fingerprint density at radius 1 is 1.37 bits per heavy atom. The Morgan fingerprint density at radius 3 is 2.58 bits per heavy atom. The summed E-state index contributed by atoms with van der Waals surface area (Å²) < 4.78 is 26.5. The molecule has 0 amide bonds. The third kappa shape index (κ3) is 2.98. The second kappa shape index (κ2) is 5.21. The molecule has 1 aromatic heterocycles. The first-order valence-electron chi connectivity index (χ1n) is 5.40. The highest BCUT2D eigenvalue weighted by atomic mass is 32.2. The Labute approximate surface area is 110 Å². The molecule has 0 aliphatic rings. The molecular formula is C11H13N5O2S. The number of nitrogens with one attached hydrogen (secondary N) is 3. The highest BCUT2D eigenvalue weighted by Gasteiger charge is 2.24. The van der Waals surface area contributed by atoms with Crippen molar-refractivity contribution in [1.82, 2.24) is 14.7 Å². The number of rotatable bonds is 5. The number of nitrogens with zero attached hydrogens (tertiary/aromatic N) is 1. The van der Waals surface area contributed by atoms with Gasteiger partial charge >= 0.3 is 0 Å². The second-order valence-electron chi connectivity index (χ2n) is 3.84. The van der Waals surface area contributed by atoms with Gasteiger partial charge in [-0.25, -0.2) is 13.4 Å². The average Bonchev–Trinajstić information content (AvgIpc) is 2.91. The van der Waals surface area contributed by atoms with Crippen molar-refractivity contribution in [3.05, 3.63) is 48.4 Å². The van der Waals surface area contributed by atoms with Gasteiger partial charge in [-0.3, -0.25) is 5.41 Å². The van der Waals surface area contributed by atoms with Crippen molar-refractivity contribution in [2.24, 2.45) is 5.73 Å².